The number of amides is 3. The normalized spacial score (nSPS) is 17.4. The van der Waals surface area contributed by atoms with Gasteiger partial charge in [0, 0.05) is 12.1 Å². The van der Waals surface area contributed by atoms with E-state index in [-0.39, 0.29) is 10.5 Å². The Hall–Kier alpha value is -4.11. The van der Waals surface area contributed by atoms with Gasteiger partial charge >= 0.3 is 5.97 Å². The van der Waals surface area contributed by atoms with Crippen molar-refractivity contribution in [2.24, 2.45) is 0 Å². The van der Waals surface area contributed by atoms with Crippen LogP contribution in [-0.4, -0.2) is 52.7 Å². The third-order valence-electron chi connectivity index (χ3n) is 5.81. The van der Waals surface area contributed by atoms with Crippen molar-refractivity contribution in [3.8, 4) is 5.75 Å². The number of para-hydroxylation sites is 1. The van der Waals surface area contributed by atoms with Gasteiger partial charge < -0.3 is 14.7 Å². The van der Waals surface area contributed by atoms with Gasteiger partial charge in [-0.2, -0.15) is 0 Å². The monoisotopic (exact) mass is 488 g/mol. The van der Waals surface area contributed by atoms with Crippen molar-refractivity contribution < 1.29 is 29.0 Å². The maximum atomic E-state index is 13.4. The van der Waals surface area contributed by atoms with E-state index in [9.17, 15) is 19.2 Å². The fraction of sp³-hybridized carbons (Fsp3) is 0.154. The Morgan fingerprint density at radius 3 is 2.43 bits per heavy atom. The Kier molecular flexibility index (Phi) is 6.00. The number of anilines is 1. The van der Waals surface area contributed by atoms with E-state index in [1.807, 2.05) is 42.5 Å². The van der Waals surface area contributed by atoms with E-state index in [2.05, 4.69) is 0 Å². The second-order valence-electron chi connectivity index (χ2n) is 8.04. The number of carboxylic acid groups (broad SMARTS) is 1. The minimum absolute atomic E-state index is 0.0383. The molecule has 3 aromatic carbocycles. The molecule has 0 spiro atoms. The van der Waals surface area contributed by atoms with Gasteiger partial charge in [0.2, 0.25) is 0 Å². The molecule has 8 nitrogen and oxygen atoms in total. The summed E-state index contributed by atoms with van der Waals surface area (Å²) in [4.78, 5) is 51.6. The number of carboxylic acids is 1. The van der Waals surface area contributed by atoms with E-state index in [0.29, 0.717) is 47.5 Å². The van der Waals surface area contributed by atoms with E-state index >= 15 is 0 Å². The summed E-state index contributed by atoms with van der Waals surface area (Å²) in [7, 11) is 0. The highest BCUT2D eigenvalue weighted by Gasteiger charge is 2.43. The van der Waals surface area contributed by atoms with E-state index in [4.69, 9.17) is 9.84 Å². The molecule has 5 rings (SSSR count). The second kappa shape index (κ2) is 9.27. The number of nitrogens with zero attached hydrogens (tertiary/aromatic N) is 2. The zero-order valence-corrected chi connectivity index (χ0v) is 19.3. The molecular weight excluding hydrogens is 468 g/mol. The minimum atomic E-state index is -1.30. The first kappa shape index (κ1) is 22.7. The molecule has 0 aromatic heterocycles. The summed E-state index contributed by atoms with van der Waals surface area (Å²) in [6.45, 7) is -0.00624. The lowest BCUT2D eigenvalue weighted by Crippen LogP contribution is -2.34. The van der Waals surface area contributed by atoms with Crippen LogP contribution in [0.2, 0.25) is 0 Å². The molecule has 0 bridgehead atoms. The van der Waals surface area contributed by atoms with Crippen molar-refractivity contribution in [1.29, 1.82) is 0 Å². The van der Waals surface area contributed by atoms with Crippen LogP contribution in [0, 0.1) is 0 Å². The van der Waals surface area contributed by atoms with E-state index in [1.165, 1.54) is 0 Å². The highest BCUT2D eigenvalue weighted by Crippen LogP contribution is 2.44. The van der Waals surface area contributed by atoms with Crippen molar-refractivity contribution in [2.45, 2.75) is 6.42 Å². The molecule has 1 fully saturated rings. The van der Waals surface area contributed by atoms with Gasteiger partial charge in [-0.25, -0.2) is 0 Å². The lowest BCUT2D eigenvalue weighted by Gasteiger charge is -2.17. The molecule has 9 heteroatoms. The summed E-state index contributed by atoms with van der Waals surface area (Å²) in [6, 6.07) is 20.9. The van der Waals surface area contributed by atoms with Crippen LogP contribution in [0.5, 0.6) is 5.75 Å². The molecule has 2 heterocycles. The first-order valence-electron chi connectivity index (χ1n) is 11.0. The zero-order chi connectivity index (χ0) is 24.5. The quantitative estimate of drug-likeness (QED) is 0.394. The maximum absolute atomic E-state index is 13.4. The maximum Gasteiger partial charge on any atom is 0.323 e. The smallest absolute Gasteiger partial charge is 0.323 e. The molecule has 1 saturated heterocycles. The molecule has 2 aliphatic heterocycles. The van der Waals surface area contributed by atoms with Crippen LogP contribution in [0.15, 0.2) is 71.6 Å². The largest absolute Gasteiger partial charge is 0.494 e. The SMILES string of the molecule is O=C(O)CN1C(=O)S/C(=C2\C(=O)N(CCCOc3ccc4ccccc4c3)c3ccccc32)C1=O. The zero-order valence-electron chi connectivity index (χ0n) is 18.5. The van der Waals surface area contributed by atoms with E-state index in [1.54, 1.807) is 29.2 Å². The van der Waals surface area contributed by atoms with Gasteiger partial charge in [0.1, 0.15) is 12.3 Å². The molecule has 2 aliphatic rings. The highest BCUT2D eigenvalue weighted by molar-refractivity contribution is 8.18. The Morgan fingerprint density at radius 2 is 1.63 bits per heavy atom. The average Bonchev–Trinajstić information content (AvgIpc) is 3.28. The van der Waals surface area contributed by atoms with Gasteiger partial charge in [-0.05, 0) is 47.2 Å². The lowest BCUT2D eigenvalue weighted by molar-refractivity contribution is -0.140. The summed E-state index contributed by atoms with van der Waals surface area (Å²) in [6.07, 6.45) is 0.542. The standard InChI is InChI=1S/C26H20N2O6S/c29-21(30)15-28-25(32)23(35-26(28)33)22-19-8-3-4-9-20(19)27(24(22)31)12-5-13-34-18-11-10-16-6-1-2-7-17(16)14-18/h1-4,6-11,14H,5,12-13,15H2,(H,29,30)/b23-22-. The molecule has 176 valence electrons. The molecule has 3 amide bonds. The number of rotatable bonds is 7. The minimum Gasteiger partial charge on any atom is -0.494 e. The molecule has 3 aromatic rings. The first-order chi connectivity index (χ1) is 16.9. The first-order valence-corrected chi connectivity index (χ1v) is 11.8. The number of carbonyl (C=O) groups is 4. The van der Waals surface area contributed by atoms with Gasteiger partial charge in [0.05, 0.1) is 22.8 Å². The summed E-state index contributed by atoms with van der Waals surface area (Å²) in [5.41, 5.74) is 1.32. The highest BCUT2D eigenvalue weighted by atomic mass is 32.2. The number of fused-ring (bicyclic) bond motifs is 2. The van der Waals surface area contributed by atoms with Crippen LogP contribution >= 0.6 is 11.8 Å². The van der Waals surface area contributed by atoms with Crippen molar-refractivity contribution in [1.82, 2.24) is 4.90 Å². The number of hydrogen-bond donors (Lipinski definition) is 1. The van der Waals surface area contributed by atoms with Gasteiger partial charge in [-0.15, -0.1) is 0 Å². The van der Waals surface area contributed by atoms with Crippen LogP contribution < -0.4 is 9.64 Å². The number of hydrogen-bond acceptors (Lipinski definition) is 6. The van der Waals surface area contributed by atoms with Crippen LogP contribution in [0.3, 0.4) is 0 Å². The predicted molar refractivity (Wildman–Crippen MR) is 132 cm³/mol. The number of ether oxygens (including phenoxy) is 1. The van der Waals surface area contributed by atoms with Crippen molar-refractivity contribution in [2.75, 3.05) is 24.6 Å². The van der Waals surface area contributed by atoms with Gasteiger partial charge in [-0.1, -0.05) is 48.5 Å². The van der Waals surface area contributed by atoms with E-state index in [0.717, 1.165) is 16.5 Å². The molecule has 0 saturated carbocycles. The number of benzene rings is 3. The van der Waals surface area contributed by atoms with Crippen molar-refractivity contribution in [3.63, 3.8) is 0 Å². The van der Waals surface area contributed by atoms with Crippen molar-refractivity contribution >= 4 is 56.8 Å². The fourth-order valence-corrected chi connectivity index (χ4v) is 5.14. The fourth-order valence-electron chi connectivity index (χ4n) is 4.21. The summed E-state index contributed by atoms with van der Waals surface area (Å²) in [5.74, 6) is -1.71. The number of aliphatic carboxylic acids is 1. The van der Waals surface area contributed by atoms with Crippen LogP contribution in [0.25, 0.3) is 16.3 Å². The number of carbonyl (C=O) groups excluding carboxylic acids is 3. The Morgan fingerprint density at radius 1 is 0.886 bits per heavy atom. The summed E-state index contributed by atoms with van der Waals surface area (Å²) in [5, 5.41) is 10.5. The van der Waals surface area contributed by atoms with Crippen LogP contribution in [0.4, 0.5) is 10.5 Å². The molecule has 35 heavy (non-hydrogen) atoms. The third kappa shape index (κ3) is 4.26. The molecule has 0 unspecified atom stereocenters. The van der Waals surface area contributed by atoms with Crippen molar-refractivity contribution in [3.05, 3.63) is 77.2 Å². The average molecular weight is 489 g/mol. The predicted octanol–water partition coefficient (Wildman–Crippen LogP) is 4.15. The molecule has 0 radical (unpaired) electrons. The number of imide groups is 1. The lowest BCUT2D eigenvalue weighted by atomic mass is 10.1. The topological polar surface area (TPSA) is 104 Å². The Labute approximate surface area is 204 Å². The van der Waals surface area contributed by atoms with Crippen LogP contribution in [0.1, 0.15) is 12.0 Å². The molecule has 1 N–H and O–H groups in total. The van der Waals surface area contributed by atoms with E-state index < -0.39 is 29.6 Å². The Bertz CT molecular complexity index is 1420. The van der Waals surface area contributed by atoms with Gasteiger partial charge in [-0.3, -0.25) is 24.1 Å². The summed E-state index contributed by atoms with van der Waals surface area (Å²) >= 11 is 0.598. The summed E-state index contributed by atoms with van der Waals surface area (Å²) < 4.78 is 5.89. The van der Waals surface area contributed by atoms with Gasteiger partial charge in [0.25, 0.3) is 17.1 Å². The Balaban J connectivity index is 1.32. The van der Waals surface area contributed by atoms with Crippen LogP contribution in [-0.2, 0) is 14.4 Å². The molecule has 0 atom stereocenters. The molecule has 0 aliphatic carbocycles. The second-order valence-corrected chi connectivity index (χ2v) is 9.00. The molecular formula is C26H20N2O6S. The number of thioether (sulfide) groups is 1. The third-order valence-corrected chi connectivity index (χ3v) is 6.79. The van der Waals surface area contributed by atoms with Gasteiger partial charge in [0.15, 0.2) is 0 Å².